The minimum Gasteiger partial charge on any atom is -0.384 e. The van der Waals surface area contributed by atoms with E-state index in [1.165, 1.54) is 16.6 Å². The van der Waals surface area contributed by atoms with Crippen LogP contribution in [0.1, 0.15) is 25.7 Å². The molecule has 18 heavy (non-hydrogen) atoms. The summed E-state index contributed by atoms with van der Waals surface area (Å²) in [6, 6.07) is 5.32. The number of hydrogen-bond acceptors (Lipinski definition) is 4. The maximum atomic E-state index is 11.9. The number of thiophene rings is 1. The van der Waals surface area contributed by atoms with Gasteiger partial charge in [-0.3, -0.25) is 4.79 Å². The van der Waals surface area contributed by atoms with Crippen molar-refractivity contribution in [1.29, 1.82) is 0 Å². The average Bonchev–Trinajstić information content (AvgIpc) is 2.66. The van der Waals surface area contributed by atoms with Gasteiger partial charge in [0, 0.05) is 21.5 Å². The first-order valence-corrected chi connectivity index (χ1v) is 6.43. The number of amides is 1. The maximum absolute atomic E-state index is 11.9. The van der Waals surface area contributed by atoms with E-state index in [4.69, 9.17) is 5.73 Å². The van der Waals surface area contributed by atoms with Crippen molar-refractivity contribution in [2.24, 2.45) is 0 Å². The van der Waals surface area contributed by atoms with Gasteiger partial charge in [0.25, 0.3) is 5.91 Å². The topological polar surface area (TPSA) is 68.0 Å². The van der Waals surface area contributed by atoms with Crippen molar-refractivity contribution in [3.63, 3.8) is 0 Å². The molecular formula is C13H15N3OS. The van der Waals surface area contributed by atoms with Gasteiger partial charge in [0.05, 0.1) is 6.54 Å². The Hall–Kier alpha value is -1.88. The van der Waals surface area contributed by atoms with E-state index in [2.05, 4.69) is 30.2 Å². The van der Waals surface area contributed by atoms with E-state index in [0.29, 0.717) is 17.9 Å². The van der Waals surface area contributed by atoms with E-state index >= 15 is 0 Å². The molecule has 3 N–H and O–H groups in total. The summed E-state index contributed by atoms with van der Waals surface area (Å²) in [4.78, 5) is 18.2. The predicted molar refractivity (Wildman–Crippen MR) is 73.6 cm³/mol. The van der Waals surface area contributed by atoms with Crippen LogP contribution in [0.25, 0.3) is 0 Å². The lowest BCUT2D eigenvalue weighted by Gasteiger charge is -2.03. The first kappa shape index (κ1) is 12.6. The lowest BCUT2D eigenvalue weighted by molar-refractivity contribution is 0.0951. The Balaban J connectivity index is 2.00. The molecule has 5 heteroatoms. The van der Waals surface area contributed by atoms with E-state index in [-0.39, 0.29) is 5.91 Å². The van der Waals surface area contributed by atoms with Crippen LogP contribution in [0.15, 0.2) is 24.4 Å². The van der Waals surface area contributed by atoms with E-state index in [1.54, 1.807) is 23.5 Å². The van der Waals surface area contributed by atoms with Gasteiger partial charge in [0.15, 0.2) is 0 Å². The third kappa shape index (κ3) is 2.87. The number of nitrogen functional groups attached to an aromatic ring is 1. The van der Waals surface area contributed by atoms with Gasteiger partial charge in [-0.05, 0) is 37.6 Å². The fraction of sp³-hybridized carbons (Fsp3) is 0.231. The normalized spacial score (nSPS) is 10.3. The predicted octanol–water partition coefficient (Wildman–Crippen LogP) is 2.27. The van der Waals surface area contributed by atoms with Crippen molar-refractivity contribution in [3.8, 4) is 0 Å². The van der Waals surface area contributed by atoms with Crippen LogP contribution in [0.2, 0.25) is 0 Å². The number of pyridine rings is 1. The molecule has 0 aliphatic rings. The summed E-state index contributed by atoms with van der Waals surface area (Å²) < 4.78 is 0. The van der Waals surface area contributed by atoms with Crippen LogP contribution in [0.5, 0.6) is 0 Å². The Kier molecular flexibility index (Phi) is 3.62. The van der Waals surface area contributed by atoms with Crippen LogP contribution in [-0.2, 0) is 6.54 Å². The molecule has 2 rings (SSSR count). The smallest absolute Gasteiger partial charge is 0.251 e. The molecule has 0 bridgehead atoms. The number of hydrogen-bond donors (Lipinski definition) is 2. The Morgan fingerprint density at radius 2 is 2.22 bits per heavy atom. The van der Waals surface area contributed by atoms with Gasteiger partial charge < -0.3 is 11.1 Å². The molecule has 4 nitrogen and oxygen atoms in total. The monoisotopic (exact) mass is 261 g/mol. The number of carbonyl (C=O) groups excluding carboxylic acids is 1. The van der Waals surface area contributed by atoms with Crippen LogP contribution in [-0.4, -0.2) is 10.9 Å². The Morgan fingerprint density at radius 3 is 2.83 bits per heavy atom. The molecule has 0 radical (unpaired) electrons. The number of carbonyl (C=O) groups is 1. The van der Waals surface area contributed by atoms with Gasteiger partial charge in [0.1, 0.15) is 5.82 Å². The van der Waals surface area contributed by atoms with Gasteiger partial charge in [0.2, 0.25) is 0 Å². The van der Waals surface area contributed by atoms with E-state index < -0.39 is 0 Å². The molecule has 94 valence electrons. The van der Waals surface area contributed by atoms with Crippen LogP contribution >= 0.6 is 11.3 Å². The van der Waals surface area contributed by atoms with Crippen LogP contribution in [0, 0.1) is 13.8 Å². The highest BCUT2D eigenvalue weighted by Gasteiger charge is 2.07. The van der Waals surface area contributed by atoms with Crippen LogP contribution < -0.4 is 11.1 Å². The third-order valence-corrected chi connectivity index (χ3v) is 3.84. The first-order chi connectivity index (χ1) is 8.56. The molecule has 0 atom stereocenters. The van der Waals surface area contributed by atoms with Crippen molar-refractivity contribution in [3.05, 3.63) is 45.3 Å². The first-order valence-electron chi connectivity index (χ1n) is 5.62. The number of aromatic nitrogens is 1. The molecule has 2 aromatic rings. The lowest BCUT2D eigenvalue weighted by atomic mass is 10.2. The zero-order valence-electron chi connectivity index (χ0n) is 10.4. The molecule has 0 aliphatic carbocycles. The second kappa shape index (κ2) is 5.18. The molecular weight excluding hydrogens is 246 g/mol. The third-order valence-electron chi connectivity index (χ3n) is 2.68. The zero-order chi connectivity index (χ0) is 13.1. The number of aryl methyl sites for hydroxylation is 2. The highest BCUT2D eigenvalue weighted by Crippen LogP contribution is 2.20. The molecule has 0 saturated heterocycles. The molecule has 2 heterocycles. The van der Waals surface area contributed by atoms with Crippen LogP contribution in [0.3, 0.4) is 0 Å². The molecule has 0 saturated carbocycles. The number of nitrogens with zero attached hydrogens (tertiary/aromatic N) is 1. The minimum atomic E-state index is -0.132. The summed E-state index contributed by atoms with van der Waals surface area (Å²) in [5.74, 6) is 0.221. The number of anilines is 1. The highest BCUT2D eigenvalue weighted by molar-refractivity contribution is 7.12. The summed E-state index contributed by atoms with van der Waals surface area (Å²) in [5.41, 5.74) is 7.33. The Labute approximate surface area is 110 Å². The summed E-state index contributed by atoms with van der Waals surface area (Å²) in [6.45, 7) is 4.69. The van der Waals surface area contributed by atoms with Gasteiger partial charge in [-0.15, -0.1) is 11.3 Å². The average molecular weight is 261 g/mol. The van der Waals surface area contributed by atoms with Gasteiger partial charge in [-0.1, -0.05) is 0 Å². The molecule has 0 fully saturated rings. The fourth-order valence-electron chi connectivity index (χ4n) is 1.60. The number of nitrogens with one attached hydrogen (secondary N) is 1. The zero-order valence-corrected chi connectivity index (χ0v) is 11.2. The minimum absolute atomic E-state index is 0.132. The van der Waals surface area contributed by atoms with E-state index in [9.17, 15) is 4.79 Å². The van der Waals surface area contributed by atoms with Gasteiger partial charge in [-0.2, -0.15) is 0 Å². The van der Waals surface area contributed by atoms with E-state index in [1.807, 2.05) is 0 Å². The van der Waals surface area contributed by atoms with Crippen LogP contribution in [0.4, 0.5) is 5.82 Å². The molecule has 0 unspecified atom stereocenters. The van der Waals surface area contributed by atoms with Crippen molar-refractivity contribution in [1.82, 2.24) is 10.3 Å². The summed E-state index contributed by atoms with van der Waals surface area (Å²) in [6.07, 6.45) is 1.53. The molecule has 0 aliphatic heterocycles. The van der Waals surface area contributed by atoms with Crippen molar-refractivity contribution >= 4 is 23.1 Å². The van der Waals surface area contributed by atoms with Crippen molar-refractivity contribution in [2.75, 3.05) is 5.73 Å². The Morgan fingerprint density at radius 1 is 1.44 bits per heavy atom. The maximum Gasteiger partial charge on any atom is 0.251 e. The molecule has 2 aromatic heterocycles. The molecule has 0 aromatic carbocycles. The standard InChI is InChI=1S/C13H15N3OS/c1-8-5-11(18-9(8)2)7-16-13(17)10-3-4-15-12(14)6-10/h3-6H,7H2,1-2H3,(H2,14,15)(H,16,17). The fourth-order valence-corrected chi connectivity index (χ4v) is 2.59. The summed E-state index contributed by atoms with van der Waals surface area (Å²) >= 11 is 1.70. The van der Waals surface area contributed by atoms with Crippen molar-refractivity contribution in [2.45, 2.75) is 20.4 Å². The Bertz CT molecular complexity index is 558. The second-order valence-corrected chi connectivity index (χ2v) is 5.44. The largest absolute Gasteiger partial charge is 0.384 e. The summed E-state index contributed by atoms with van der Waals surface area (Å²) in [7, 11) is 0. The summed E-state index contributed by atoms with van der Waals surface area (Å²) in [5, 5.41) is 2.87. The number of rotatable bonds is 3. The molecule has 1 amide bonds. The SMILES string of the molecule is Cc1cc(CNC(=O)c2ccnc(N)c2)sc1C. The second-order valence-electron chi connectivity index (χ2n) is 4.10. The highest BCUT2D eigenvalue weighted by atomic mass is 32.1. The van der Waals surface area contributed by atoms with E-state index in [0.717, 1.165) is 4.88 Å². The lowest BCUT2D eigenvalue weighted by Crippen LogP contribution is -2.22. The van der Waals surface area contributed by atoms with Gasteiger partial charge in [-0.25, -0.2) is 4.98 Å². The number of nitrogens with two attached hydrogens (primary N) is 1. The van der Waals surface area contributed by atoms with Gasteiger partial charge >= 0.3 is 0 Å². The van der Waals surface area contributed by atoms with Crippen molar-refractivity contribution < 1.29 is 4.79 Å². The quantitative estimate of drug-likeness (QED) is 0.890. The molecule has 0 spiro atoms.